The number of hydrogen-bond donors (Lipinski definition) is 0. The zero-order chi connectivity index (χ0) is 20.4. The normalized spacial score (nSPS) is 27.4. The van der Waals surface area contributed by atoms with Crippen molar-refractivity contribution in [3.8, 4) is 0 Å². The van der Waals surface area contributed by atoms with Crippen molar-refractivity contribution in [1.29, 1.82) is 0 Å². The molecule has 0 aromatic carbocycles. The van der Waals surface area contributed by atoms with Crippen LogP contribution in [0.5, 0.6) is 0 Å². The zero-order valence-electron chi connectivity index (χ0n) is 17.7. The molecule has 0 atom stereocenters. The molecule has 0 unspecified atom stereocenters. The van der Waals surface area contributed by atoms with E-state index in [4.69, 9.17) is 36.2 Å². The molecule has 0 spiro atoms. The number of allylic oxidation sites excluding steroid dienone is 4. The van der Waals surface area contributed by atoms with E-state index in [1.807, 2.05) is 55.4 Å². The molecular formula is C17H34O8P2. The average molecular weight is 428 g/mol. The maximum absolute atomic E-state index is 6.24. The van der Waals surface area contributed by atoms with Crippen LogP contribution in [0.2, 0.25) is 0 Å². The van der Waals surface area contributed by atoms with Crippen molar-refractivity contribution in [2.24, 2.45) is 0 Å². The van der Waals surface area contributed by atoms with Crippen LogP contribution in [-0.2, 0) is 36.2 Å². The molecule has 2 rings (SSSR count). The first-order valence-corrected chi connectivity index (χ1v) is 13.6. The van der Waals surface area contributed by atoms with Gasteiger partial charge in [-0.3, -0.25) is 0 Å². The Bertz CT molecular complexity index is 543. The molecule has 160 valence electrons. The van der Waals surface area contributed by atoms with E-state index >= 15 is 0 Å². The van der Waals surface area contributed by atoms with Crippen LogP contribution < -0.4 is 0 Å². The average Bonchev–Trinajstić information content (AvgIpc) is 2.92. The SMILES string of the molecule is CCOP1(CP2(OCC)(OCC)OC(C)=C(C)O2)(OCC)OC(C)=C(C)O1. The Labute approximate surface area is 162 Å². The molecule has 0 aromatic heterocycles. The molecule has 27 heavy (non-hydrogen) atoms. The van der Waals surface area contributed by atoms with Crippen LogP contribution in [0.3, 0.4) is 0 Å². The second kappa shape index (κ2) is 7.66. The van der Waals surface area contributed by atoms with Crippen molar-refractivity contribution in [3.05, 3.63) is 23.0 Å². The van der Waals surface area contributed by atoms with Gasteiger partial charge in [0, 0.05) is 0 Å². The molecule has 0 aromatic rings. The molecule has 0 saturated carbocycles. The molecule has 0 aliphatic carbocycles. The van der Waals surface area contributed by atoms with E-state index in [-0.39, 0.29) is 5.90 Å². The third kappa shape index (κ3) is 3.93. The Morgan fingerprint density at radius 1 is 0.519 bits per heavy atom. The van der Waals surface area contributed by atoms with Crippen LogP contribution in [0.15, 0.2) is 23.0 Å². The van der Waals surface area contributed by atoms with Crippen LogP contribution in [-0.4, -0.2) is 32.3 Å². The van der Waals surface area contributed by atoms with E-state index < -0.39 is 15.0 Å². The summed E-state index contributed by atoms with van der Waals surface area (Å²) in [5.41, 5.74) is 0. The Balaban J connectivity index is 2.61. The Hall–Kier alpha value is -0.620. The van der Waals surface area contributed by atoms with Crippen molar-refractivity contribution in [2.75, 3.05) is 32.3 Å². The van der Waals surface area contributed by atoms with E-state index in [1.54, 1.807) is 0 Å². The van der Waals surface area contributed by atoms with Gasteiger partial charge in [-0.15, -0.1) is 0 Å². The van der Waals surface area contributed by atoms with Crippen molar-refractivity contribution >= 4 is 15.0 Å². The van der Waals surface area contributed by atoms with Gasteiger partial charge >= 0.3 is 162 Å². The summed E-state index contributed by atoms with van der Waals surface area (Å²) in [5.74, 6) is 2.34. The summed E-state index contributed by atoms with van der Waals surface area (Å²) < 4.78 is 49.6. The first kappa shape index (κ1) is 22.7. The number of rotatable bonds is 10. The standard InChI is InChI=1S/C17H34O8P2/c1-9-18-26(19-10-2,22-14(5)15(6)23-26)13-27(20-11-3,21-12-4)24-16(7)17(8)25-27/h9-13H2,1-8H3. The zero-order valence-corrected chi connectivity index (χ0v) is 19.5. The molecule has 2 aliphatic heterocycles. The summed E-state index contributed by atoms with van der Waals surface area (Å²) in [4.78, 5) is 0. The molecule has 2 heterocycles. The Morgan fingerprint density at radius 2 is 0.741 bits per heavy atom. The van der Waals surface area contributed by atoms with Gasteiger partial charge in [-0.2, -0.15) is 0 Å². The van der Waals surface area contributed by atoms with Gasteiger partial charge in [0.1, 0.15) is 0 Å². The molecule has 0 fully saturated rings. The van der Waals surface area contributed by atoms with Gasteiger partial charge in [-0.1, -0.05) is 0 Å². The molecule has 10 heteroatoms. The minimum absolute atomic E-state index is 0.0517. The Morgan fingerprint density at radius 3 is 0.926 bits per heavy atom. The first-order valence-electron chi connectivity index (χ1n) is 9.39. The summed E-state index contributed by atoms with van der Waals surface area (Å²) in [6.45, 7) is 15.9. The van der Waals surface area contributed by atoms with Crippen LogP contribution in [0.1, 0.15) is 55.4 Å². The van der Waals surface area contributed by atoms with E-state index in [0.717, 1.165) is 0 Å². The molecular weight excluding hydrogens is 394 g/mol. The molecule has 0 radical (unpaired) electrons. The fourth-order valence-electron chi connectivity index (χ4n) is 3.29. The van der Waals surface area contributed by atoms with Crippen molar-refractivity contribution in [1.82, 2.24) is 0 Å². The predicted octanol–water partition coefficient (Wildman–Crippen LogP) is 6.11. The van der Waals surface area contributed by atoms with Gasteiger partial charge in [-0.25, -0.2) is 0 Å². The molecule has 0 amide bonds. The van der Waals surface area contributed by atoms with E-state index in [0.29, 0.717) is 49.5 Å². The molecule has 2 aliphatic rings. The fraction of sp³-hybridized carbons (Fsp3) is 0.765. The second-order valence-electron chi connectivity index (χ2n) is 6.33. The minimum atomic E-state index is -4.20. The summed E-state index contributed by atoms with van der Waals surface area (Å²) in [5, 5.41) is 0. The summed E-state index contributed by atoms with van der Waals surface area (Å²) >= 11 is 0. The quantitative estimate of drug-likeness (QED) is 0.386. The molecule has 0 saturated heterocycles. The first-order chi connectivity index (χ1) is 12.6. The summed E-state index contributed by atoms with van der Waals surface area (Å²) in [6.07, 6.45) is 0. The Kier molecular flexibility index (Phi) is 6.43. The van der Waals surface area contributed by atoms with Crippen LogP contribution in [0, 0.1) is 0 Å². The van der Waals surface area contributed by atoms with Gasteiger partial charge < -0.3 is 0 Å². The topological polar surface area (TPSA) is 73.8 Å². The van der Waals surface area contributed by atoms with Gasteiger partial charge in [-0.05, 0) is 0 Å². The predicted molar refractivity (Wildman–Crippen MR) is 106 cm³/mol. The molecule has 0 N–H and O–H groups in total. The van der Waals surface area contributed by atoms with Crippen molar-refractivity contribution < 1.29 is 36.2 Å². The van der Waals surface area contributed by atoms with Gasteiger partial charge in [0.25, 0.3) is 0 Å². The van der Waals surface area contributed by atoms with E-state index in [9.17, 15) is 0 Å². The summed E-state index contributed by atoms with van der Waals surface area (Å²) in [6, 6.07) is 0. The monoisotopic (exact) mass is 428 g/mol. The van der Waals surface area contributed by atoms with Gasteiger partial charge in [0.05, 0.1) is 0 Å². The molecule has 0 bridgehead atoms. The molecule has 8 nitrogen and oxygen atoms in total. The van der Waals surface area contributed by atoms with Gasteiger partial charge in [0.15, 0.2) is 0 Å². The third-order valence-electron chi connectivity index (χ3n) is 4.22. The maximum atomic E-state index is 6.24. The second-order valence-corrected chi connectivity index (χ2v) is 13.1. The van der Waals surface area contributed by atoms with E-state index in [1.165, 1.54) is 0 Å². The van der Waals surface area contributed by atoms with Gasteiger partial charge in [0.2, 0.25) is 0 Å². The summed E-state index contributed by atoms with van der Waals surface area (Å²) in [7, 11) is -8.39. The van der Waals surface area contributed by atoms with Crippen LogP contribution in [0.25, 0.3) is 0 Å². The van der Waals surface area contributed by atoms with Crippen molar-refractivity contribution in [3.63, 3.8) is 0 Å². The fourth-order valence-corrected chi connectivity index (χ4v) is 13.8. The van der Waals surface area contributed by atoms with Crippen molar-refractivity contribution in [2.45, 2.75) is 55.4 Å². The van der Waals surface area contributed by atoms with Crippen LogP contribution >= 0.6 is 15.0 Å². The number of hydrogen-bond acceptors (Lipinski definition) is 8. The van der Waals surface area contributed by atoms with E-state index in [2.05, 4.69) is 0 Å². The van der Waals surface area contributed by atoms with Crippen LogP contribution in [0.4, 0.5) is 0 Å². The third-order valence-corrected chi connectivity index (χ3v) is 13.4.